The van der Waals surface area contributed by atoms with Crippen LogP contribution in [0.25, 0.3) is 0 Å². The van der Waals surface area contributed by atoms with E-state index in [2.05, 4.69) is 46.7 Å². The number of aromatic nitrogens is 4. The van der Waals surface area contributed by atoms with Gasteiger partial charge in [-0.15, -0.1) is 5.10 Å². The molecule has 0 aliphatic carbocycles. The number of hydrogen-bond donors (Lipinski definition) is 2. The Labute approximate surface area is 71.9 Å². The first-order valence-corrected chi connectivity index (χ1v) is 4.22. The van der Waals surface area contributed by atoms with E-state index in [9.17, 15) is 0 Å². The first-order chi connectivity index (χ1) is 5.70. The number of nitrogens with one attached hydrogen (secondary N) is 2. The van der Waals surface area contributed by atoms with Gasteiger partial charge in [-0.05, 0) is 25.0 Å². The lowest BCUT2D eigenvalue weighted by atomic mass is 9.96. The number of nitrogens with zero attached hydrogens (tertiary/aromatic N) is 3. The van der Waals surface area contributed by atoms with Crippen molar-refractivity contribution in [3.63, 3.8) is 0 Å². The van der Waals surface area contributed by atoms with Crippen LogP contribution in [-0.2, 0) is 0 Å². The molecule has 2 N–H and O–H groups in total. The van der Waals surface area contributed by atoms with Crippen molar-refractivity contribution in [2.75, 3.05) is 5.32 Å². The SMILES string of the molecule is CCC(C)(CC)Nc1nn[nH]n1. The molecule has 1 rings (SSSR count). The maximum Gasteiger partial charge on any atom is 0.263 e. The van der Waals surface area contributed by atoms with Gasteiger partial charge in [0.25, 0.3) is 5.95 Å². The molecule has 0 amide bonds. The van der Waals surface area contributed by atoms with E-state index in [1.165, 1.54) is 0 Å². The summed E-state index contributed by atoms with van der Waals surface area (Å²) < 4.78 is 0. The Morgan fingerprint density at radius 2 is 2.08 bits per heavy atom. The average molecular weight is 169 g/mol. The molecule has 0 aliphatic heterocycles. The van der Waals surface area contributed by atoms with Gasteiger partial charge in [0.2, 0.25) is 0 Å². The molecular formula is C7H15N5. The van der Waals surface area contributed by atoms with Crippen molar-refractivity contribution in [2.45, 2.75) is 39.2 Å². The summed E-state index contributed by atoms with van der Waals surface area (Å²) in [5, 5.41) is 16.8. The summed E-state index contributed by atoms with van der Waals surface area (Å²) >= 11 is 0. The molecule has 5 heteroatoms. The first kappa shape index (κ1) is 8.96. The van der Waals surface area contributed by atoms with Crippen molar-refractivity contribution in [1.82, 2.24) is 20.6 Å². The number of hydrogen-bond acceptors (Lipinski definition) is 4. The zero-order chi connectivity index (χ0) is 9.03. The second kappa shape index (κ2) is 3.51. The van der Waals surface area contributed by atoms with E-state index in [4.69, 9.17) is 0 Å². The van der Waals surface area contributed by atoms with Crippen LogP contribution in [-0.4, -0.2) is 26.2 Å². The lowest BCUT2D eigenvalue weighted by Gasteiger charge is -2.26. The highest BCUT2D eigenvalue weighted by Crippen LogP contribution is 2.17. The summed E-state index contributed by atoms with van der Waals surface area (Å²) in [6.07, 6.45) is 2.08. The minimum atomic E-state index is 0.0733. The van der Waals surface area contributed by atoms with Gasteiger partial charge in [-0.25, -0.2) is 0 Å². The summed E-state index contributed by atoms with van der Waals surface area (Å²) in [4.78, 5) is 0. The second-order valence-electron chi connectivity index (χ2n) is 3.13. The van der Waals surface area contributed by atoms with E-state index < -0.39 is 0 Å². The molecule has 12 heavy (non-hydrogen) atoms. The number of rotatable bonds is 4. The molecule has 0 fully saturated rings. The quantitative estimate of drug-likeness (QED) is 0.710. The number of aromatic amines is 1. The fourth-order valence-electron chi connectivity index (χ4n) is 0.911. The van der Waals surface area contributed by atoms with Gasteiger partial charge < -0.3 is 5.32 Å². The van der Waals surface area contributed by atoms with Crippen LogP contribution in [0.3, 0.4) is 0 Å². The van der Waals surface area contributed by atoms with Gasteiger partial charge in [0, 0.05) is 5.54 Å². The minimum Gasteiger partial charge on any atom is -0.346 e. The van der Waals surface area contributed by atoms with Crippen LogP contribution >= 0.6 is 0 Å². The fraction of sp³-hybridized carbons (Fsp3) is 0.857. The zero-order valence-corrected chi connectivity index (χ0v) is 7.76. The minimum absolute atomic E-state index is 0.0733. The summed E-state index contributed by atoms with van der Waals surface area (Å²) in [5.41, 5.74) is 0.0733. The predicted molar refractivity (Wildman–Crippen MR) is 46.8 cm³/mol. The Balaban J connectivity index is 2.60. The van der Waals surface area contributed by atoms with E-state index in [1.807, 2.05) is 0 Å². The third kappa shape index (κ3) is 1.93. The van der Waals surface area contributed by atoms with Gasteiger partial charge in [-0.2, -0.15) is 5.21 Å². The van der Waals surface area contributed by atoms with Gasteiger partial charge in [0.1, 0.15) is 0 Å². The molecule has 0 atom stereocenters. The summed E-state index contributed by atoms with van der Waals surface area (Å²) in [6, 6.07) is 0. The lowest BCUT2D eigenvalue weighted by molar-refractivity contribution is 0.474. The molecule has 68 valence electrons. The normalized spacial score (nSPS) is 11.6. The van der Waals surface area contributed by atoms with Crippen LogP contribution in [0.5, 0.6) is 0 Å². The van der Waals surface area contributed by atoms with Gasteiger partial charge in [0.15, 0.2) is 0 Å². The third-order valence-electron chi connectivity index (χ3n) is 2.32. The summed E-state index contributed by atoms with van der Waals surface area (Å²) in [5.74, 6) is 0.571. The predicted octanol–water partition coefficient (Wildman–Crippen LogP) is 1.19. The van der Waals surface area contributed by atoms with Crippen LogP contribution in [0.2, 0.25) is 0 Å². The van der Waals surface area contributed by atoms with Crippen LogP contribution in [0, 0.1) is 0 Å². The molecule has 0 unspecified atom stereocenters. The Bertz CT molecular complexity index is 214. The molecule has 0 spiro atoms. The second-order valence-corrected chi connectivity index (χ2v) is 3.13. The number of anilines is 1. The monoisotopic (exact) mass is 169 g/mol. The van der Waals surface area contributed by atoms with Gasteiger partial charge in [0.05, 0.1) is 0 Å². The third-order valence-corrected chi connectivity index (χ3v) is 2.32. The summed E-state index contributed by atoms with van der Waals surface area (Å²) in [7, 11) is 0. The smallest absolute Gasteiger partial charge is 0.263 e. The van der Waals surface area contributed by atoms with Crippen LogP contribution < -0.4 is 5.32 Å². The van der Waals surface area contributed by atoms with E-state index in [-0.39, 0.29) is 5.54 Å². The van der Waals surface area contributed by atoms with E-state index in [1.54, 1.807) is 0 Å². The number of H-pyrrole nitrogens is 1. The van der Waals surface area contributed by atoms with Crippen molar-refractivity contribution in [1.29, 1.82) is 0 Å². The lowest BCUT2D eigenvalue weighted by Crippen LogP contribution is -2.33. The number of tetrazole rings is 1. The highest BCUT2D eigenvalue weighted by molar-refractivity contribution is 5.24. The fourth-order valence-corrected chi connectivity index (χ4v) is 0.911. The van der Waals surface area contributed by atoms with Crippen LogP contribution in [0.1, 0.15) is 33.6 Å². The van der Waals surface area contributed by atoms with E-state index >= 15 is 0 Å². The zero-order valence-electron chi connectivity index (χ0n) is 7.76. The Kier molecular flexibility index (Phi) is 2.62. The molecule has 1 aromatic rings. The summed E-state index contributed by atoms with van der Waals surface area (Å²) in [6.45, 7) is 6.41. The molecule has 5 nitrogen and oxygen atoms in total. The molecule has 0 aromatic carbocycles. The molecule has 0 saturated heterocycles. The molecule has 0 bridgehead atoms. The molecule has 1 aromatic heterocycles. The highest BCUT2D eigenvalue weighted by Gasteiger charge is 2.20. The molecule has 0 aliphatic rings. The maximum absolute atomic E-state index is 3.84. The molecular weight excluding hydrogens is 154 g/mol. The molecule has 0 radical (unpaired) electrons. The maximum atomic E-state index is 3.84. The highest BCUT2D eigenvalue weighted by atomic mass is 15.5. The van der Waals surface area contributed by atoms with Crippen molar-refractivity contribution in [3.05, 3.63) is 0 Å². The Morgan fingerprint density at radius 3 is 2.50 bits per heavy atom. The van der Waals surface area contributed by atoms with E-state index in [0.29, 0.717) is 5.95 Å². The molecule has 0 saturated carbocycles. The standard InChI is InChI=1S/C7H15N5/c1-4-7(3,5-2)8-6-9-11-12-10-6/h4-5H2,1-3H3,(H2,8,9,10,11,12). The van der Waals surface area contributed by atoms with Gasteiger partial charge in [-0.1, -0.05) is 18.9 Å². The van der Waals surface area contributed by atoms with Crippen molar-refractivity contribution in [2.24, 2.45) is 0 Å². The van der Waals surface area contributed by atoms with Crippen LogP contribution in [0.15, 0.2) is 0 Å². The Morgan fingerprint density at radius 1 is 1.42 bits per heavy atom. The first-order valence-electron chi connectivity index (χ1n) is 4.22. The average Bonchev–Trinajstić information content (AvgIpc) is 2.57. The van der Waals surface area contributed by atoms with Crippen molar-refractivity contribution in [3.8, 4) is 0 Å². The topological polar surface area (TPSA) is 66.5 Å². The van der Waals surface area contributed by atoms with Gasteiger partial charge >= 0.3 is 0 Å². The Hall–Kier alpha value is -1.13. The van der Waals surface area contributed by atoms with E-state index in [0.717, 1.165) is 12.8 Å². The van der Waals surface area contributed by atoms with Gasteiger partial charge in [-0.3, -0.25) is 0 Å². The largest absolute Gasteiger partial charge is 0.346 e. The van der Waals surface area contributed by atoms with Crippen LogP contribution in [0.4, 0.5) is 5.95 Å². The molecule has 1 heterocycles. The van der Waals surface area contributed by atoms with Crippen molar-refractivity contribution < 1.29 is 0 Å². The van der Waals surface area contributed by atoms with Crippen molar-refractivity contribution >= 4 is 5.95 Å².